The lowest BCUT2D eigenvalue weighted by atomic mass is 10.4. The van der Waals surface area contributed by atoms with Gasteiger partial charge in [0.2, 0.25) is 0 Å². The molecule has 64 valence electrons. The second kappa shape index (κ2) is 3.69. The van der Waals surface area contributed by atoms with Crippen molar-refractivity contribution in [1.29, 1.82) is 0 Å². The second-order valence-corrected chi connectivity index (χ2v) is 2.55. The van der Waals surface area contributed by atoms with Gasteiger partial charge in [0.05, 0.1) is 6.61 Å². The molecule has 1 rings (SSSR count). The first kappa shape index (κ1) is 8.49. The Hall–Kier alpha value is -0.610. The molecule has 4 heteroatoms. The van der Waals surface area contributed by atoms with Crippen LogP contribution in [0.25, 0.3) is 0 Å². The van der Waals surface area contributed by atoms with Gasteiger partial charge in [-0.3, -0.25) is 4.79 Å². The molecule has 1 saturated heterocycles. The smallest absolute Gasteiger partial charge is 0.322 e. The van der Waals surface area contributed by atoms with E-state index < -0.39 is 0 Å². The maximum atomic E-state index is 10.5. The maximum Gasteiger partial charge on any atom is 0.322 e. The van der Waals surface area contributed by atoms with Gasteiger partial charge in [-0.15, -0.1) is 5.06 Å². The summed E-state index contributed by atoms with van der Waals surface area (Å²) in [4.78, 5) is 15.4. The molecular weight excluding hydrogens is 146 g/mol. The van der Waals surface area contributed by atoms with Crippen LogP contribution in [0.15, 0.2) is 0 Å². The van der Waals surface area contributed by atoms with Gasteiger partial charge in [-0.2, -0.15) is 0 Å². The molecule has 0 spiro atoms. The van der Waals surface area contributed by atoms with Crippen molar-refractivity contribution in [1.82, 2.24) is 5.06 Å². The minimum absolute atomic E-state index is 0.104. The second-order valence-electron chi connectivity index (χ2n) is 2.55. The van der Waals surface area contributed by atoms with Crippen molar-refractivity contribution in [3.8, 4) is 0 Å². The normalized spacial score (nSPS) is 26.5. The molecular formula is C7H13NO3. The van der Waals surface area contributed by atoms with E-state index in [4.69, 9.17) is 9.57 Å². The highest BCUT2D eigenvalue weighted by atomic mass is 16.7. The Bertz CT molecular complexity index is 149. The standard InChI is InChI=1S/C7H13NO3/c1-6-8(11-7(2)9)4-3-5-10-6/h6H,3-5H2,1-2H3/t6-/m1/s1. The Morgan fingerprint density at radius 2 is 2.45 bits per heavy atom. The predicted molar refractivity (Wildman–Crippen MR) is 38.5 cm³/mol. The predicted octanol–water partition coefficient (Wildman–Crippen LogP) is 0.533. The van der Waals surface area contributed by atoms with Gasteiger partial charge >= 0.3 is 5.97 Å². The molecule has 4 nitrogen and oxygen atoms in total. The Morgan fingerprint density at radius 3 is 3.00 bits per heavy atom. The summed E-state index contributed by atoms with van der Waals surface area (Å²) in [5, 5.41) is 1.56. The van der Waals surface area contributed by atoms with Crippen molar-refractivity contribution in [2.24, 2.45) is 0 Å². The number of rotatable bonds is 1. The molecule has 0 amide bonds. The monoisotopic (exact) mass is 159 g/mol. The van der Waals surface area contributed by atoms with E-state index in [0.717, 1.165) is 19.6 Å². The number of nitrogens with zero attached hydrogens (tertiary/aromatic N) is 1. The van der Waals surface area contributed by atoms with E-state index in [1.807, 2.05) is 6.92 Å². The summed E-state index contributed by atoms with van der Waals surface area (Å²) in [6.45, 7) is 4.77. The number of carbonyl (C=O) groups is 1. The highest BCUT2D eigenvalue weighted by Gasteiger charge is 2.20. The van der Waals surface area contributed by atoms with Crippen molar-refractivity contribution in [2.75, 3.05) is 13.2 Å². The summed E-state index contributed by atoms with van der Waals surface area (Å²) in [6.07, 6.45) is 0.810. The van der Waals surface area contributed by atoms with Crippen LogP contribution in [-0.4, -0.2) is 30.4 Å². The molecule has 1 fully saturated rings. The molecule has 0 aliphatic carbocycles. The average Bonchev–Trinajstić information content (AvgIpc) is 1.93. The average molecular weight is 159 g/mol. The van der Waals surface area contributed by atoms with Gasteiger partial charge in [0.25, 0.3) is 0 Å². The quantitative estimate of drug-likeness (QED) is 0.559. The molecule has 1 atom stereocenters. The van der Waals surface area contributed by atoms with Crippen LogP contribution in [-0.2, 0) is 14.4 Å². The Labute approximate surface area is 66.0 Å². The fourth-order valence-corrected chi connectivity index (χ4v) is 1.02. The fraction of sp³-hybridized carbons (Fsp3) is 0.857. The molecule has 0 saturated carbocycles. The van der Waals surface area contributed by atoms with Crippen LogP contribution >= 0.6 is 0 Å². The Kier molecular flexibility index (Phi) is 2.84. The van der Waals surface area contributed by atoms with Crippen molar-refractivity contribution in [3.05, 3.63) is 0 Å². The first-order chi connectivity index (χ1) is 5.20. The number of hydrogen-bond acceptors (Lipinski definition) is 4. The van der Waals surface area contributed by atoms with Gasteiger partial charge in [0.15, 0.2) is 0 Å². The van der Waals surface area contributed by atoms with E-state index in [1.54, 1.807) is 5.06 Å². The molecule has 0 unspecified atom stereocenters. The third kappa shape index (κ3) is 2.48. The summed E-state index contributed by atoms with van der Waals surface area (Å²) in [6, 6.07) is 0. The van der Waals surface area contributed by atoms with Gasteiger partial charge in [-0.05, 0) is 13.3 Å². The molecule has 1 aliphatic heterocycles. The third-order valence-corrected chi connectivity index (χ3v) is 1.53. The van der Waals surface area contributed by atoms with E-state index in [-0.39, 0.29) is 12.2 Å². The van der Waals surface area contributed by atoms with E-state index in [9.17, 15) is 4.79 Å². The van der Waals surface area contributed by atoms with E-state index in [2.05, 4.69) is 0 Å². The third-order valence-electron chi connectivity index (χ3n) is 1.53. The Balaban J connectivity index is 2.35. The van der Waals surface area contributed by atoms with E-state index >= 15 is 0 Å². The lowest BCUT2D eigenvalue weighted by Crippen LogP contribution is -2.41. The summed E-state index contributed by atoms with van der Waals surface area (Å²) in [5.74, 6) is -0.289. The van der Waals surface area contributed by atoms with Crippen molar-refractivity contribution in [2.45, 2.75) is 26.5 Å². The van der Waals surface area contributed by atoms with Gasteiger partial charge in [-0.1, -0.05) is 0 Å². The zero-order valence-electron chi connectivity index (χ0n) is 6.87. The topological polar surface area (TPSA) is 38.8 Å². The molecule has 0 aromatic rings. The summed E-state index contributed by atoms with van der Waals surface area (Å²) in [5.41, 5.74) is 0. The van der Waals surface area contributed by atoms with Gasteiger partial charge in [0, 0.05) is 13.5 Å². The Morgan fingerprint density at radius 1 is 1.73 bits per heavy atom. The molecule has 0 bridgehead atoms. The van der Waals surface area contributed by atoms with Crippen LogP contribution in [0.1, 0.15) is 20.3 Å². The maximum absolute atomic E-state index is 10.5. The van der Waals surface area contributed by atoms with Crippen LogP contribution in [0.5, 0.6) is 0 Å². The summed E-state index contributed by atoms with van der Waals surface area (Å²) in [7, 11) is 0. The SMILES string of the molecule is CC(=O)ON1CCCO[C@@H]1C. The van der Waals surface area contributed by atoms with E-state index in [1.165, 1.54) is 6.92 Å². The number of ether oxygens (including phenoxy) is 1. The first-order valence-electron chi connectivity index (χ1n) is 3.77. The zero-order chi connectivity index (χ0) is 8.27. The first-order valence-corrected chi connectivity index (χ1v) is 3.77. The lowest BCUT2D eigenvalue weighted by Gasteiger charge is -2.30. The van der Waals surface area contributed by atoms with Crippen molar-refractivity contribution < 1.29 is 14.4 Å². The van der Waals surface area contributed by atoms with Crippen LogP contribution < -0.4 is 0 Å². The zero-order valence-corrected chi connectivity index (χ0v) is 6.87. The van der Waals surface area contributed by atoms with Gasteiger partial charge in [0.1, 0.15) is 6.23 Å². The highest BCUT2D eigenvalue weighted by molar-refractivity contribution is 5.65. The largest absolute Gasteiger partial charge is 0.366 e. The van der Waals surface area contributed by atoms with Crippen LogP contribution in [0.4, 0.5) is 0 Å². The van der Waals surface area contributed by atoms with Crippen LogP contribution in [0, 0.1) is 0 Å². The number of hydrogen-bond donors (Lipinski definition) is 0. The van der Waals surface area contributed by atoms with Crippen LogP contribution in [0.3, 0.4) is 0 Å². The van der Waals surface area contributed by atoms with Gasteiger partial charge in [-0.25, -0.2) is 0 Å². The summed E-state index contributed by atoms with van der Waals surface area (Å²) >= 11 is 0. The molecule has 1 aliphatic rings. The minimum Gasteiger partial charge on any atom is -0.366 e. The minimum atomic E-state index is -0.289. The molecule has 0 radical (unpaired) electrons. The number of hydroxylamine groups is 2. The fourth-order valence-electron chi connectivity index (χ4n) is 1.02. The van der Waals surface area contributed by atoms with Crippen molar-refractivity contribution in [3.63, 3.8) is 0 Å². The van der Waals surface area contributed by atoms with Gasteiger partial charge < -0.3 is 9.57 Å². The van der Waals surface area contributed by atoms with Crippen molar-refractivity contribution >= 4 is 5.97 Å². The summed E-state index contributed by atoms with van der Waals surface area (Å²) < 4.78 is 5.24. The molecule has 0 aromatic heterocycles. The highest BCUT2D eigenvalue weighted by Crippen LogP contribution is 2.09. The molecule has 11 heavy (non-hydrogen) atoms. The van der Waals surface area contributed by atoms with Crippen LogP contribution in [0.2, 0.25) is 0 Å². The number of carbonyl (C=O) groups excluding carboxylic acids is 1. The van der Waals surface area contributed by atoms with E-state index in [0.29, 0.717) is 0 Å². The lowest BCUT2D eigenvalue weighted by molar-refractivity contribution is -0.254. The molecule has 0 N–H and O–H groups in total. The molecule has 1 heterocycles. The molecule has 0 aromatic carbocycles.